The van der Waals surface area contributed by atoms with Crippen LogP contribution in [0, 0.1) is 0 Å². The minimum absolute atomic E-state index is 0.475. The molecule has 3 nitrogen and oxygen atoms in total. The van der Waals surface area contributed by atoms with Gasteiger partial charge in [0.25, 0.3) is 0 Å². The average molecular weight is 220 g/mol. The van der Waals surface area contributed by atoms with Crippen LogP contribution in [-0.2, 0) is 11.3 Å². The first-order chi connectivity index (χ1) is 7.83. The van der Waals surface area contributed by atoms with E-state index in [1.54, 1.807) is 0 Å². The highest BCUT2D eigenvalue weighted by molar-refractivity contribution is 6.62. The second kappa shape index (κ2) is 5.37. The van der Waals surface area contributed by atoms with Crippen LogP contribution in [-0.4, -0.2) is 18.7 Å². The first-order valence-electron chi connectivity index (χ1n) is 5.87. The van der Waals surface area contributed by atoms with Crippen molar-refractivity contribution in [3.05, 3.63) is 23.8 Å². The lowest BCUT2D eigenvalue weighted by Gasteiger charge is -2.10. The molecule has 1 N–H and O–H groups in total. The Morgan fingerprint density at radius 2 is 2.31 bits per heavy atom. The maximum absolute atomic E-state index is 9.66. The molecule has 1 aromatic carbocycles. The normalized spacial score (nSPS) is 14.0. The van der Waals surface area contributed by atoms with Crippen LogP contribution in [0.3, 0.4) is 0 Å². The predicted molar refractivity (Wildman–Crippen MR) is 63.9 cm³/mol. The Kier molecular flexibility index (Phi) is 3.85. The van der Waals surface area contributed by atoms with Gasteiger partial charge in [-0.05, 0) is 18.1 Å². The largest absolute Gasteiger partial charge is 0.495 e. The summed E-state index contributed by atoms with van der Waals surface area (Å²) in [5, 5.41) is 9.66. The lowest BCUT2D eigenvalue weighted by molar-refractivity contribution is 0.274. The van der Waals surface area contributed by atoms with Gasteiger partial charge in [-0.2, -0.15) is 0 Å². The minimum Gasteiger partial charge on any atom is -0.494 e. The fourth-order valence-electron chi connectivity index (χ4n) is 1.91. The van der Waals surface area contributed by atoms with E-state index >= 15 is 0 Å². The van der Waals surface area contributed by atoms with E-state index in [-0.39, 0.29) is 0 Å². The molecule has 0 bridgehead atoms. The number of unbranched alkanes of at least 4 members (excludes halogenated alkanes) is 2. The molecule has 0 radical (unpaired) electrons. The molecule has 0 fully saturated rings. The number of hydrogen-bond donors (Lipinski definition) is 1. The molecule has 0 amide bonds. The zero-order valence-corrected chi connectivity index (χ0v) is 9.61. The number of hydrogen-bond acceptors (Lipinski definition) is 3. The van der Waals surface area contributed by atoms with Gasteiger partial charge < -0.3 is 14.4 Å². The maximum Gasteiger partial charge on any atom is 0.495 e. The summed E-state index contributed by atoms with van der Waals surface area (Å²) in [6, 6.07) is 5.79. The van der Waals surface area contributed by atoms with E-state index in [4.69, 9.17) is 9.39 Å². The van der Waals surface area contributed by atoms with Crippen molar-refractivity contribution < 1.29 is 14.4 Å². The van der Waals surface area contributed by atoms with Gasteiger partial charge in [-0.25, -0.2) is 0 Å². The molecule has 16 heavy (non-hydrogen) atoms. The molecule has 86 valence electrons. The van der Waals surface area contributed by atoms with Crippen molar-refractivity contribution in [1.82, 2.24) is 0 Å². The number of rotatable bonds is 5. The third kappa shape index (κ3) is 2.39. The van der Waals surface area contributed by atoms with Gasteiger partial charge >= 0.3 is 7.12 Å². The summed E-state index contributed by atoms with van der Waals surface area (Å²) < 4.78 is 10.8. The molecule has 1 aliphatic heterocycles. The van der Waals surface area contributed by atoms with Crippen LogP contribution in [0.25, 0.3) is 0 Å². The zero-order chi connectivity index (χ0) is 11.4. The quantitative estimate of drug-likeness (QED) is 0.603. The lowest BCUT2D eigenvalue weighted by atomic mass is 9.79. The zero-order valence-electron chi connectivity index (χ0n) is 9.61. The second-order valence-electron chi connectivity index (χ2n) is 4.05. The van der Waals surface area contributed by atoms with Gasteiger partial charge in [-0.3, -0.25) is 0 Å². The van der Waals surface area contributed by atoms with E-state index in [2.05, 4.69) is 6.92 Å². The highest BCUT2D eigenvalue weighted by atomic mass is 16.5. The smallest absolute Gasteiger partial charge is 0.494 e. The summed E-state index contributed by atoms with van der Waals surface area (Å²) in [7, 11) is -0.822. The molecule has 1 aliphatic rings. The molecule has 0 aromatic heterocycles. The van der Waals surface area contributed by atoms with Crippen LogP contribution in [0.5, 0.6) is 5.75 Å². The lowest BCUT2D eigenvalue weighted by Crippen LogP contribution is -2.30. The van der Waals surface area contributed by atoms with Crippen molar-refractivity contribution in [2.75, 3.05) is 6.61 Å². The van der Waals surface area contributed by atoms with E-state index in [1.807, 2.05) is 18.2 Å². The van der Waals surface area contributed by atoms with E-state index in [0.29, 0.717) is 13.2 Å². The fraction of sp³-hybridized carbons (Fsp3) is 0.500. The Labute approximate surface area is 96.5 Å². The summed E-state index contributed by atoms with van der Waals surface area (Å²) in [6.45, 7) is 3.34. The Morgan fingerprint density at radius 3 is 3.12 bits per heavy atom. The third-order valence-electron chi connectivity index (χ3n) is 2.81. The van der Waals surface area contributed by atoms with Gasteiger partial charge in [0, 0.05) is 5.46 Å². The molecule has 0 aliphatic carbocycles. The van der Waals surface area contributed by atoms with Crippen molar-refractivity contribution in [2.45, 2.75) is 32.8 Å². The molecular formula is C12H17BO3. The molecule has 0 atom stereocenters. The summed E-state index contributed by atoms with van der Waals surface area (Å²) in [6.07, 6.45) is 3.41. The number of benzene rings is 1. The van der Waals surface area contributed by atoms with Crippen molar-refractivity contribution in [2.24, 2.45) is 0 Å². The number of fused-ring (bicyclic) bond motifs is 1. The Morgan fingerprint density at radius 1 is 1.44 bits per heavy atom. The van der Waals surface area contributed by atoms with Crippen molar-refractivity contribution >= 4 is 12.6 Å². The SMILES string of the molecule is CCCCCOc1cccc2c1B(O)OC2. The standard InChI is InChI=1S/C12H17BO3/c1-2-3-4-8-15-11-7-5-6-10-9-16-13(14)12(10)11/h5-7,14H,2-4,8-9H2,1H3. The molecule has 4 heteroatoms. The van der Waals surface area contributed by atoms with Gasteiger partial charge in [0.05, 0.1) is 13.2 Å². The van der Waals surface area contributed by atoms with Gasteiger partial charge in [0.1, 0.15) is 5.75 Å². The van der Waals surface area contributed by atoms with Gasteiger partial charge in [-0.1, -0.05) is 31.9 Å². The predicted octanol–water partition coefficient (Wildman–Crippen LogP) is 1.47. The topological polar surface area (TPSA) is 38.7 Å². The van der Waals surface area contributed by atoms with Crippen molar-refractivity contribution in [3.8, 4) is 5.75 Å². The van der Waals surface area contributed by atoms with Gasteiger partial charge in [0.15, 0.2) is 0 Å². The van der Waals surface area contributed by atoms with Crippen LogP contribution >= 0.6 is 0 Å². The van der Waals surface area contributed by atoms with E-state index in [9.17, 15) is 5.02 Å². The number of ether oxygens (including phenoxy) is 1. The van der Waals surface area contributed by atoms with Crippen LogP contribution in [0.1, 0.15) is 31.7 Å². The summed E-state index contributed by atoms with van der Waals surface area (Å²) in [5.41, 5.74) is 1.83. The Bertz CT molecular complexity index is 354. The Hall–Kier alpha value is -0.995. The van der Waals surface area contributed by atoms with E-state index in [0.717, 1.165) is 23.2 Å². The molecule has 0 unspecified atom stereocenters. The molecule has 0 spiro atoms. The van der Waals surface area contributed by atoms with Crippen molar-refractivity contribution in [3.63, 3.8) is 0 Å². The second-order valence-corrected chi connectivity index (χ2v) is 4.05. The van der Waals surface area contributed by atoms with Crippen LogP contribution in [0.2, 0.25) is 0 Å². The summed E-state index contributed by atoms with van der Waals surface area (Å²) in [4.78, 5) is 0. The highest BCUT2D eigenvalue weighted by Gasteiger charge is 2.30. The molecule has 1 heterocycles. The molecule has 1 aromatic rings. The van der Waals surface area contributed by atoms with Crippen LogP contribution in [0.4, 0.5) is 0 Å². The van der Waals surface area contributed by atoms with Crippen molar-refractivity contribution in [1.29, 1.82) is 0 Å². The van der Waals surface area contributed by atoms with Gasteiger partial charge in [0.2, 0.25) is 0 Å². The monoisotopic (exact) mass is 220 g/mol. The van der Waals surface area contributed by atoms with Crippen LogP contribution < -0.4 is 10.2 Å². The fourth-order valence-corrected chi connectivity index (χ4v) is 1.91. The minimum atomic E-state index is -0.822. The van der Waals surface area contributed by atoms with E-state index < -0.39 is 7.12 Å². The Balaban J connectivity index is 2.02. The summed E-state index contributed by atoms with van der Waals surface area (Å²) in [5.74, 6) is 0.763. The maximum atomic E-state index is 9.66. The van der Waals surface area contributed by atoms with E-state index in [1.165, 1.54) is 12.8 Å². The van der Waals surface area contributed by atoms with Crippen LogP contribution in [0.15, 0.2) is 18.2 Å². The first kappa shape index (κ1) is 11.5. The highest BCUT2D eigenvalue weighted by Crippen LogP contribution is 2.18. The first-order valence-corrected chi connectivity index (χ1v) is 5.87. The molecule has 0 saturated carbocycles. The molecule has 2 rings (SSSR count). The average Bonchev–Trinajstić information content (AvgIpc) is 2.68. The molecular weight excluding hydrogens is 203 g/mol. The summed E-state index contributed by atoms with van der Waals surface area (Å²) >= 11 is 0. The molecule has 0 saturated heterocycles. The van der Waals surface area contributed by atoms with Gasteiger partial charge in [-0.15, -0.1) is 0 Å². The third-order valence-corrected chi connectivity index (χ3v) is 2.81.